The number of nitrogens with zero attached hydrogens (tertiary/aromatic N) is 2. The Hall–Kier alpha value is -0.840. The molecule has 0 saturated carbocycles. The molecule has 0 aliphatic carbocycles. The van der Waals surface area contributed by atoms with Crippen LogP contribution in [-0.4, -0.2) is 34.9 Å². The summed E-state index contributed by atoms with van der Waals surface area (Å²) in [7, 11) is 0. The molecule has 114 valence electrons. The van der Waals surface area contributed by atoms with Crippen molar-refractivity contribution in [1.82, 2.24) is 9.88 Å². The Bertz CT molecular complexity index is 427. The number of piperidine rings is 1. The van der Waals surface area contributed by atoms with Crippen molar-refractivity contribution in [3.05, 3.63) is 29.6 Å². The maximum absolute atomic E-state index is 12.5. The minimum absolute atomic E-state index is 0. The first kappa shape index (κ1) is 19.2. The number of rotatable bonds is 3. The molecule has 1 aliphatic heterocycles. The lowest BCUT2D eigenvalue weighted by molar-refractivity contribution is 0.0598. The fraction of sp³-hybridized carbons (Fsp3) is 0.571. The molecule has 4 nitrogen and oxygen atoms in total. The second-order valence-corrected chi connectivity index (χ2v) is 4.89. The highest BCUT2D eigenvalue weighted by Crippen LogP contribution is 2.21. The van der Waals surface area contributed by atoms with Gasteiger partial charge in [0.1, 0.15) is 5.69 Å². The first-order valence-electron chi connectivity index (χ1n) is 6.66. The average molecular weight is 320 g/mol. The topological polar surface area (TPSA) is 59.2 Å². The highest BCUT2D eigenvalue weighted by atomic mass is 35.5. The van der Waals surface area contributed by atoms with Gasteiger partial charge in [-0.1, -0.05) is 6.07 Å². The fourth-order valence-corrected chi connectivity index (χ4v) is 2.61. The predicted molar refractivity (Wildman–Crippen MR) is 85.8 cm³/mol. The van der Waals surface area contributed by atoms with Crippen LogP contribution in [0.1, 0.15) is 41.7 Å². The van der Waals surface area contributed by atoms with Gasteiger partial charge in [-0.2, -0.15) is 0 Å². The van der Waals surface area contributed by atoms with E-state index in [9.17, 15) is 4.79 Å². The number of carbonyl (C=O) groups excluding carboxylic acids is 1. The maximum atomic E-state index is 12.5. The minimum atomic E-state index is 0. The number of likely N-dealkylation sites (tertiary alicyclic amines) is 1. The van der Waals surface area contributed by atoms with Crippen molar-refractivity contribution in [3.63, 3.8) is 0 Å². The van der Waals surface area contributed by atoms with Gasteiger partial charge in [0.15, 0.2) is 0 Å². The summed E-state index contributed by atoms with van der Waals surface area (Å²) >= 11 is 0. The van der Waals surface area contributed by atoms with Gasteiger partial charge in [0.25, 0.3) is 5.91 Å². The molecule has 1 aliphatic rings. The van der Waals surface area contributed by atoms with E-state index in [0.29, 0.717) is 12.2 Å². The van der Waals surface area contributed by atoms with Gasteiger partial charge in [-0.3, -0.25) is 9.78 Å². The normalized spacial score (nSPS) is 17.9. The third-order valence-electron chi connectivity index (χ3n) is 3.60. The second kappa shape index (κ2) is 9.16. The molecular formula is C14H23Cl2N3O. The monoisotopic (exact) mass is 319 g/mol. The number of nitrogens with two attached hydrogens (primary N) is 1. The van der Waals surface area contributed by atoms with Gasteiger partial charge in [0, 0.05) is 18.8 Å². The van der Waals surface area contributed by atoms with Crippen LogP contribution in [0.3, 0.4) is 0 Å². The van der Waals surface area contributed by atoms with Crippen LogP contribution in [0.25, 0.3) is 0 Å². The van der Waals surface area contributed by atoms with E-state index in [1.54, 1.807) is 6.20 Å². The number of pyridine rings is 1. The van der Waals surface area contributed by atoms with Crippen LogP contribution in [0.2, 0.25) is 0 Å². The largest absolute Gasteiger partial charge is 0.334 e. The summed E-state index contributed by atoms with van der Waals surface area (Å²) < 4.78 is 0. The lowest BCUT2D eigenvalue weighted by Crippen LogP contribution is -2.45. The molecule has 0 spiro atoms. The molecule has 2 rings (SSSR count). The van der Waals surface area contributed by atoms with Gasteiger partial charge in [-0.05, 0) is 50.8 Å². The summed E-state index contributed by atoms with van der Waals surface area (Å²) in [6, 6.07) is 4.08. The first-order chi connectivity index (χ1) is 8.74. The second-order valence-electron chi connectivity index (χ2n) is 4.89. The molecule has 0 aromatic carbocycles. The van der Waals surface area contributed by atoms with Gasteiger partial charge in [0.2, 0.25) is 0 Å². The van der Waals surface area contributed by atoms with Gasteiger partial charge < -0.3 is 10.6 Å². The molecule has 1 saturated heterocycles. The standard InChI is InChI=1S/C14H21N3O.2ClH/c1-11-5-4-9-16-13(11)14(18)17-10-3-2-6-12(17)7-8-15;;/h4-5,9,12H,2-3,6-8,10,15H2,1H3;2*1H. The van der Waals surface area contributed by atoms with Crippen LogP contribution in [0.5, 0.6) is 0 Å². The lowest BCUT2D eigenvalue weighted by Gasteiger charge is -2.35. The van der Waals surface area contributed by atoms with Crippen molar-refractivity contribution in [2.45, 2.75) is 38.6 Å². The highest BCUT2D eigenvalue weighted by molar-refractivity contribution is 5.93. The number of hydrogen-bond acceptors (Lipinski definition) is 3. The van der Waals surface area contributed by atoms with E-state index < -0.39 is 0 Å². The van der Waals surface area contributed by atoms with E-state index in [-0.39, 0.29) is 36.8 Å². The van der Waals surface area contributed by atoms with Crippen molar-refractivity contribution in [2.75, 3.05) is 13.1 Å². The van der Waals surface area contributed by atoms with Gasteiger partial charge >= 0.3 is 0 Å². The molecule has 1 amide bonds. The zero-order valence-corrected chi connectivity index (χ0v) is 13.4. The number of halogens is 2. The molecule has 2 heterocycles. The van der Waals surface area contributed by atoms with E-state index in [2.05, 4.69) is 4.98 Å². The summed E-state index contributed by atoms with van der Waals surface area (Å²) in [6.45, 7) is 3.40. The Morgan fingerprint density at radius 3 is 2.85 bits per heavy atom. The fourth-order valence-electron chi connectivity index (χ4n) is 2.61. The van der Waals surface area contributed by atoms with Gasteiger partial charge in [-0.15, -0.1) is 24.8 Å². The summed E-state index contributed by atoms with van der Waals surface area (Å²) in [5.74, 6) is 0.0613. The molecular weight excluding hydrogens is 297 g/mol. The molecule has 1 fully saturated rings. The van der Waals surface area contributed by atoms with Crippen LogP contribution in [0, 0.1) is 6.92 Å². The van der Waals surface area contributed by atoms with Gasteiger partial charge in [-0.25, -0.2) is 0 Å². The Kier molecular flexibility index (Phi) is 8.78. The number of aromatic nitrogens is 1. The van der Waals surface area contributed by atoms with E-state index in [0.717, 1.165) is 31.4 Å². The zero-order valence-electron chi connectivity index (χ0n) is 11.7. The number of amides is 1. The Morgan fingerprint density at radius 2 is 2.20 bits per heavy atom. The van der Waals surface area contributed by atoms with E-state index in [1.165, 1.54) is 6.42 Å². The average Bonchev–Trinajstić information content (AvgIpc) is 2.40. The number of aryl methyl sites for hydroxylation is 1. The molecule has 20 heavy (non-hydrogen) atoms. The summed E-state index contributed by atoms with van der Waals surface area (Å²) in [4.78, 5) is 18.7. The SMILES string of the molecule is Cc1cccnc1C(=O)N1CCCCC1CCN.Cl.Cl. The smallest absolute Gasteiger partial charge is 0.272 e. The maximum Gasteiger partial charge on any atom is 0.272 e. The highest BCUT2D eigenvalue weighted by Gasteiger charge is 2.28. The van der Waals surface area contributed by atoms with Crippen LogP contribution in [0.4, 0.5) is 0 Å². The predicted octanol–water partition coefficient (Wildman–Crippen LogP) is 2.58. The van der Waals surface area contributed by atoms with Crippen molar-refractivity contribution < 1.29 is 4.79 Å². The molecule has 0 radical (unpaired) electrons. The molecule has 1 aromatic heterocycles. The molecule has 2 N–H and O–H groups in total. The summed E-state index contributed by atoms with van der Waals surface area (Å²) in [5.41, 5.74) is 7.17. The van der Waals surface area contributed by atoms with Crippen molar-refractivity contribution in [2.24, 2.45) is 5.73 Å². The van der Waals surface area contributed by atoms with Crippen LogP contribution >= 0.6 is 24.8 Å². The van der Waals surface area contributed by atoms with Crippen LogP contribution in [0.15, 0.2) is 18.3 Å². The molecule has 0 bridgehead atoms. The zero-order chi connectivity index (χ0) is 13.0. The molecule has 1 atom stereocenters. The molecule has 1 aromatic rings. The minimum Gasteiger partial charge on any atom is -0.334 e. The summed E-state index contributed by atoms with van der Waals surface area (Å²) in [6.07, 6.45) is 5.91. The van der Waals surface area contributed by atoms with E-state index in [4.69, 9.17) is 5.73 Å². The van der Waals surface area contributed by atoms with E-state index in [1.807, 2.05) is 24.0 Å². The Balaban J connectivity index is 0.00000180. The van der Waals surface area contributed by atoms with Crippen molar-refractivity contribution in [1.29, 1.82) is 0 Å². The third-order valence-corrected chi connectivity index (χ3v) is 3.60. The van der Waals surface area contributed by atoms with Gasteiger partial charge in [0.05, 0.1) is 0 Å². The van der Waals surface area contributed by atoms with Crippen LogP contribution < -0.4 is 5.73 Å². The first-order valence-corrected chi connectivity index (χ1v) is 6.66. The Morgan fingerprint density at radius 1 is 1.45 bits per heavy atom. The van der Waals surface area contributed by atoms with Crippen molar-refractivity contribution in [3.8, 4) is 0 Å². The van der Waals surface area contributed by atoms with E-state index >= 15 is 0 Å². The quantitative estimate of drug-likeness (QED) is 0.931. The van der Waals surface area contributed by atoms with Crippen LogP contribution in [-0.2, 0) is 0 Å². The molecule has 6 heteroatoms. The van der Waals surface area contributed by atoms with Crippen molar-refractivity contribution >= 4 is 30.7 Å². The summed E-state index contributed by atoms with van der Waals surface area (Å²) in [5, 5.41) is 0. The third kappa shape index (κ3) is 4.33. The number of carbonyl (C=O) groups is 1. The Labute approximate surface area is 132 Å². The lowest BCUT2D eigenvalue weighted by atomic mass is 9.98. The number of hydrogen-bond donors (Lipinski definition) is 1. The molecule has 1 unspecified atom stereocenters.